The molecule has 116 valence electrons. The number of hydrogen-bond donors (Lipinski definition) is 0. The fourth-order valence-electron chi connectivity index (χ4n) is 2.17. The number of ether oxygens (including phenoxy) is 1. The van der Waals surface area contributed by atoms with Gasteiger partial charge in [-0.25, -0.2) is 0 Å². The Morgan fingerprint density at radius 2 is 1.82 bits per heavy atom. The Labute approximate surface area is 144 Å². The number of alkyl halides is 1. The molecule has 22 heavy (non-hydrogen) atoms. The number of carbonyl (C=O) groups is 1. The van der Waals surface area contributed by atoms with E-state index < -0.39 is 0 Å². The van der Waals surface area contributed by atoms with Gasteiger partial charge in [-0.2, -0.15) is 0 Å². The van der Waals surface area contributed by atoms with Crippen LogP contribution in [0.15, 0.2) is 42.5 Å². The van der Waals surface area contributed by atoms with Crippen LogP contribution in [-0.2, 0) is 13.0 Å². The highest BCUT2D eigenvalue weighted by Crippen LogP contribution is 2.24. The summed E-state index contributed by atoms with van der Waals surface area (Å²) in [5.74, 6) is 0.666. The highest BCUT2D eigenvalue weighted by molar-refractivity contribution is 9.09. The van der Waals surface area contributed by atoms with Gasteiger partial charge in [0.15, 0.2) is 5.78 Å². The summed E-state index contributed by atoms with van der Waals surface area (Å²) in [6.45, 7) is 2.54. The van der Waals surface area contributed by atoms with Gasteiger partial charge in [0.1, 0.15) is 12.4 Å². The zero-order chi connectivity index (χ0) is 15.9. The van der Waals surface area contributed by atoms with Crippen molar-refractivity contribution in [3.63, 3.8) is 0 Å². The molecular weight excluding hydrogens is 364 g/mol. The number of rotatable bonds is 7. The van der Waals surface area contributed by atoms with Crippen molar-refractivity contribution in [1.82, 2.24) is 0 Å². The molecule has 4 heteroatoms. The number of aryl methyl sites for hydroxylation is 1. The maximum Gasteiger partial charge on any atom is 0.177 e. The third-order valence-corrected chi connectivity index (χ3v) is 4.08. The van der Waals surface area contributed by atoms with Crippen LogP contribution in [0.3, 0.4) is 0 Å². The molecule has 0 N–H and O–H groups in total. The molecule has 2 aromatic carbocycles. The molecule has 0 fully saturated rings. The second-order valence-electron chi connectivity index (χ2n) is 5.05. The van der Waals surface area contributed by atoms with E-state index in [1.807, 2.05) is 42.5 Å². The number of halogens is 2. The van der Waals surface area contributed by atoms with Crippen molar-refractivity contribution < 1.29 is 9.53 Å². The molecule has 0 amide bonds. The average Bonchev–Trinajstić information content (AvgIpc) is 2.54. The van der Waals surface area contributed by atoms with Crippen molar-refractivity contribution in [1.29, 1.82) is 0 Å². The summed E-state index contributed by atoms with van der Waals surface area (Å²) < 4.78 is 5.89. The molecule has 0 radical (unpaired) electrons. The second-order valence-corrected chi connectivity index (χ2v) is 6.05. The predicted octanol–water partition coefficient (Wildman–Crippen LogP) is 5.45. The largest absolute Gasteiger partial charge is 0.488 e. The fourth-order valence-corrected chi connectivity index (χ4v) is 2.60. The van der Waals surface area contributed by atoms with E-state index >= 15 is 0 Å². The van der Waals surface area contributed by atoms with Crippen molar-refractivity contribution in [2.45, 2.75) is 26.4 Å². The van der Waals surface area contributed by atoms with E-state index in [2.05, 4.69) is 22.9 Å². The van der Waals surface area contributed by atoms with Gasteiger partial charge in [0.25, 0.3) is 0 Å². The summed E-state index contributed by atoms with van der Waals surface area (Å²) in [4.78, 5) is 12.0. The molecule has 2 nitrogen and oxygen atoms in total. The molecule has 2 aromatic rings. The molecule has 0 aliphatic carbocycles. The number of benzene rings is 2. The van der Waals surface area contributed by atoms with Crippen LogP contribution in [-0.4, -0.2) is 11.1 Å². The Morgan fingerprint density at radius 1 is 1.14 bits per heavy atom. The molecule has 0 unspecified atom stereocenters. The van der Waals surface area contributed by atoms with E-state index in [1.54, 1.807) is 0 Å². The maximum absolute atomic E-state index is 12.0. The molecule has 0 bridgehead atoms. The van der Waals surface area contributed by atoms with Gasteiger partial charge in [-0.15, -0.1) is 0 Å². The van der Waals surface area contributed by atoms with E-state index in [9.17, 15) is 4.79 Å². The minimum Gasteiger partial charge on any atom is -0.488 e. The molecule has 0 heterocycles. The van der Waals surface area contributed by atoms with E-state index in [1.165, 1.54) is 5.56 Å². The number of carbonyl (C=O) groups excluding carboxylic acids is 1. The average molecular weight is 382 g/mol. The summed E-state index contributed by atoms with van der Waals surface area (Å²) in [6.07, 6.45) is 2.03. The van der Waals surface area contributed by atoms with Gasteiger partial charge in [0.05, 0.1) is 10.9 Å². The Morgan fingerprint density at radius 3 is 2.45 bits per heavy atom. The lowest BCUT2D eigenvalue weighted by molar-refractivity contribution is 0.101. The predicted molar refractivity (Wildman–Crippen MR) is 94.3 cm³/mol. The first kappa shape index (κ1) is 17.0. The lowest BCUT2D eigenvalue weighted by Gasteiger charge is -2.12. The van der Waals surface area contributed by atoms with E-state index in [-0.39, 0.29) is 11.1 Å². The van der Waals surface area contributed by atoms with Crippen LogP contribution in [0.25, 0.3) is 0 Å². The Kier molecular flexibility index (Phi) is 6.47. The Hall–Kier alpha value is -1.32. The summed E-state index contributed by atoms with van der Waals surface area (Å²) >= 11 is 9.10. The third kappa shape index (κ3) is 4.59. The first-order valence-electron chi connectivity index (χ1n) is 7.23. The van der Waals surface area contributed by atoms with Crippen LogP contribution in [0, 0.1) is 0 Å². The molecule has 0 atom stereocenters. The zero-order valence-corrected chi connectivity index (χ0v) is 14.8. The molecule has 0 saturated carbocycles. The smallest absolute Gasteiger partial charge is 0.177 e. The van der Waals surface area contributed by atoms with Gasteiger partial charge in [-0.1, -0.05) is 59.1 Å². The monoisotopic (exact) mass is 380 g/mol. The van der Waals surface area contributed by atoms with Gasteiger partial charge in [0, 0.05) is 5.02 Å². The first-order valence-corrected chi connectivity index (χ1v) is 8.73. The second kappa shape index (κ2) is 8.35. The zero-order valence-electron chi connectivity index (χ0n) is 12.4. The van der Waals surface area contributed by atoms with E-state index in [0.29, 0.717) is 22.9 Å². The minimum atomic E-state index is 0.0224. The van der Waals surface area contributed by atoms with Gasteiger partial charge < -0.3 is 4.74 Å². The molecule has 0 aliphatic heterocycles. The van der Waals surface area contributed by atoms with Crippen LogP contribution >= 0.6 is 27.5 Å². The van der Waals surface area contributed by atoms with Crippen molar-refractivity contribution in [3.8, 4) is 5.75 Å². The third-order valence-electron chi connectivity index (χ3n) is 3.31. The van der Waals surface area contributed by atoms with E-state index in [4.69, 9.17) is 16.3 Å². The fraction of sp³-hybridized carbons (Fsp3) is 0.278. The van der Waals surface area contributed by atoms with Crippen LogP contribution in [0.5, 0.6) is 5.75 Å². The van der Waals surface area contributed by atoms with Crippen LogP contribution in [0.1, 0.15) is 34.8 Å². The summed E-state index contributed by atoms with van der Waals surface area (Å²) in [7, 11) is 0. The maximum atomic E-state index is 12.0. The SMILES string of the molecule is CCCc1ccc(C(=O)CBr)c(OCc2ccc(Cl)cc2)c1. The van der Waals surface area contributed by atoms with Gasteiger partial charge >= 0.3 is 0 Å². The standard InChI is InChI=1S/C18H18BrClO2/c1-2-3-13-6-9-16(17(21)11-19)18(10-13)22-12-14-4-7-15(20)8-5-14/h4-10H,2-3,11-12H2,1H3. The molecule has 0 aromatic heterocycles. The molecule has 0 saturated heterocycles. The summed E-state index contributed by atoms with van der Waals surface area (Å²) in [6, 6.07) is 13.3. The topological polar surface area (TPSA) is 26.3 Å². The summed E-state index contributed by atoms with van der Waals surface area (Å²) in [5.41, 5.74) is 2.81. The normalized spacial score (nSPS) is 10.5. The molecular formula is C18H18BrClO2. The summed E-state index contributed by atoms with van der Waals surface area (Å²) in [5, 5.41) is 0.987. The van der Waals surface area contributed by atoms with Crippen LogP contribution in [0.4, 0.5) is 0 Å². The highest BCUT2D eigenvalue weighted by atomic mass is 79.9. The quantitative estimate of drug-likeness (QED) is 0.471. The van der Waals surface area contributed by atoms with Crippen molar-refractivity contribution >= 4 is 33.3 Å². The van der Waals surface area contributed by atoms with Gasteiger partial charge in [0.2, 0.25) is 0 Å². The van der Waals surface area contributed by atoms with Crippen molar-refractivity contribution in [3.05, 3.63) is 64.2 Å². The number of ketones is 1. The van der Waals surface area contributed by atoms with E-state index in [0.717, 1.165) is 18.4 Å². The Balaban J connectivity index is 2.20. The van der Waals surface area contributed by atoms with Gasteiger partial charge in [-0.05, 0) is 41.8 Å². The number of Topliss-reactive ketones (excluding diaryl/α,β-unsaturated/α-hetero) is 1. The van der Waals surface area contributed by atoms with Crippen molar-refractivity contribution in [2.24, 2.45) is 0 Å². The highest BCUT2D eigenvalue weighted by Gasteiger charge is 2.12. The molecule has 0 spiro atoms. The van der Waals surface area contributed by atoms with Crippen molar-refractivity contribution in [2.75, 3.05) is 5.33 Å². The molecule has 0 aliphatic rings. The lowest BCUT2D eigenvalue weighted by Crippen LogP contribution is -2.06. The first-order chi connectivity index (χ1) is 10.6. The van der Waals surface area contributed by atoms with Crippen LogP contribution in [0.2, 0.25) is 5.02 Å². The number of hydrogen-bond acceptors (Lipinski definition) is 2. The molecule has 2 rings (SSSR count). The lowest BCUT2D eigenvalue weighted by atomic mass is 10.0. The minimum absolute atomic E-state index is 0.0224. The van der Waals surface area contributed by atoms with Gasteiger partial charge in [-0.3, -0.25) is 4.79 Å². The van der Waals surface area contributed by atoms with Crippen LogP contribution < -0.4 is 4.74 Å². The Bertz CT molecular complexity index is 638.